The van der Waals surface area contributed by atoms with E-state index in [0.29, 0.717) is 11.4 Å². The van der Waals surface area contributed by atoms with Gasteiger partial charge in [0.2, 0.25) is 0 Å². The van der Waals surface area contributed by atoms with Crippen molar-refractivity contribution in [2.45, 2.75) is 6.92 Å². The average Bonchev–Trinajstić information content (AvgIpc) is 2.38. The summed E-state index contributed by atoms with van der Waals surface area (Å²) in [7, 11) is 0. The van der Waals surface area contributed by atoms with Crippen LogP contribution in [0.15, 0.2) is 12.1 Å². The number of nitrogens with zero attached hydrogens (tertiary/aromatic N) is 3. The highest BCUT2D eigenvalue weighted by molar-refractivity contribution is 5.54. The second kappa shape index (κ2) is 5.07. The van der Waals surface area contributed by atoms with Crippen LogP contribution in [0.25, 0.3) is 0 Å². The third-order valence-electron chi connectivity index (χ3n) is 3.13. The molecule has 17 heavy (non-hydrogen) atoms. The Bertz CT molecular complexity index is 428. The molecule has 2 heterocycles. The van der Waals surface area contributed by atoms with Gasteiger partial charge in [0.25, 0.3) is 0 Å². The van der Waals surface area contributed by atoms with Crippen molar-refractivity contribution in [1.29, 1.82) is 0 Å². The van der Waals surface area contributed by atoms with Crippen LogP contribution in [0.4, 0.5) is 11.5 Å². The Morgan fingerprint density at radius 3 is 2.65 bits per heavy atom. The van der Waals surface area contributed by atoms with Crippen LogP contribution in [0.5, 0.6) is 0 Å². The number of hydrogen-bond acceptors (Lipinski definition) is 4. The Morgan fingerprint density at radius 1 is 1.35 bits per heavy atom. The molecule has 0 unspecified atom stereocenters. The van der Waals surface area contributed by atoms with Gasteiger partial charge in [-0.25, -0.2) is 4.98 Å². The van der Waals surface area contributed by atoms with E-state index in [1.165, 1.54) is 0 Å². The van der Waals surface area contributed by atoms with E-state index in [2.05, 4.69) is 27.6 Å². The summed E-state index contributed by atoms with van der Waals surface area (Å²) in [6.45, 7) is 7.39. The van der Waals surface area contributed by atoms with E-state index in [1.54, 1.807) is 6.07 Å². The van der Waals surface area contributed by atoms with Crippen LogP contribution in [-0.4, -0.2) is 42.6 Å². The molecule has 0 aromatic carbocycles. The number of piperazine rings is 1. The molecule has 1 fully saturated rings. The van der Waals surface area contributed by atoms with E-state index in [4.69, 9.17) is 12.2 Å². The topological polar surface area (TPSA) is 45.4 Å². The van der Waals surface area contributed by atoms with E-state index < -0.39 is 0 Å². The maximum atomic E-state index is 5.82. The Kier molecular flexibility index (Phi) is 3.50. The molecule has 1 aliphatic heterocycles. The van der Waals surface area contributed by atoms with Gasteiger partial charge in [0.1, 0.15) is 11.5 Å². The lowest BCUT2D eigenvalue weighted by Crippen LogP contribution is -2.46. The van der Waals surface area contributed by atoms with Crippen LogP contribution in [-0.2, 0) is 0 Å². The number of aromatic nitrogens is 1. The fraction of sp³-hybridized carbons (Fsp3) is 0.462. The molecule has 4 nitrogen and oxygen atoms in total. The fourth-order valence-electron chi connectivity index (χ4n) is 2.07. The lowest BCUT2D eigenvalue weighted by Gasteiger charge is -2.34. The molecule has 2 rings (SSSR count). The summed E-state index contributed by atoms with van der Waals surface area (Å²) in [6, 6.07) is 3.62. The largest absolute Gasteiger partial charge is 0.399 e. The van der Waals surface area contributed by atoms with Crippen molar-refractivity contribution >= 4 is 11.5 Å². The fourth-order valence-corrected chi connectivity index (χ4v) is 2.07. The minimum atomic E-state index is 0.609. The number of rotatable bonds is 2. The molecule has 1 aromatic heterocycles. The second-order valence-electron chi connectivity index (χ2n) is 4.21. The van der Waals surface area contributed by atoms with Crippen molar-refractivity contribution in [3.05, 3.63) is 17.8 Å². The summed E-state index contributed by atoms with van der Waals surface area (Å²) in [6.07, 6.45) is 5.37. The quantitative estimate of drug-likeness (QED) is 0.763. The first kappa shape index (κ1) is 11.7. The number of nitrogen functional groups attached to an aromatic ring is 1. The van der Waals surface area contributed by atoms with Gasteiger partial charge in [0, 0.05) is 37.9 Å². The van der Waals surface area contributed by atoms with Gasteiger partial charge in [-0.3, -0.25) is 0 Å². The highest BCUT2D eigenvalue weighted by Gasteiger charge is 2.17. The molecule has 2 N–H and O–H groups in total. The molecule has 4 heteroatoms. The molecule has 0 bridgehead atoms. The number of likely N-dealkylation sites (N-methyl/N-ethyl adjacent to an activating group) is 1. The molecule has 0 atom stereocenters. The first-order valence-electron chi connectivity index (χ1n) is 5.94. The molecule has 90 valence electrons. The van der Waals surface area contributed by atoms with Crippen molar-refractivity contribution in [1.82, 2.24) is 9.88 Å². The summed E-state index contributed by atoms with van der Waals surface area (Å²) in [5.41, 5.74) is 7.11. The molecule has 0 saturated carbocycles. The second-order valence-corrected chi connectivity index (χ2v) is 4.21. The number of nitrogens with two attached hydrogens (primary N) is 1. The summed E-state index contributed by atoms with van der Waals surface area (Å²) in [5.74, 6) is 3.44. The zero-order valence-electron chi connectivity index (χ0n) is 10.2. The van der Waals surface area contributed by atoms with Crippen LogP contribution in [0.1, 0.15) is 12.6 Å². The molecular weight excluding hydrogens is 212 g/mol. The summed E-state index contributed by atoms with van der Waals surface area (Å²) in [5, 5.41) is 0. The first-order chi connectivity index (χ1) is 8.22. The minimum Gasteiger partial charge on any atom is -0.399 e. The lowest BCUT2D eigenvalue weighted by molar-refractivity contribution is 0.270. The van der Waals surface area contributed by atoms with Gasteiger partial charge in [0.05, 0.1) is 0 Å². The molecular formula is C13H18N4. The highest BCUT2D eigenvalue weighted by Crippen LogP contribution is 2.17. The third kappa shape index (κ3) is 2.69. The Morgan fingerprint density at radius 2 is 2.06 bits per heavy atom. The zero-order valence-corrected chi connectivity index (χ0v) is 10.2. The number of anilines is 2. The van der Waals surface area contributed by atoms with Crippen molar-refractivity contribution in [3.63, 3.8) is 0 Å². The molecule has 0 spiro atoms. The van der Waals surface area contributed by atoms with E-state index in [0.717, 1.165) is 38.5 Å². The number of hydrogen-bond donors (Lipinski definition) is 1. The van der Waals surface area contributed by atoms with E-state index in [9.17, 15) is 0 Å². The van der Waals surface area contributed by atoms with Gasteiger partial charge in [0.15, 0.2) is 0 Å². The van der Waals surface area contributed by atoms with Crippen LogP contribution in [0.2, 0.25) is 0 Å². The van der Waals surface area contributed by atoms with Crippen molar-refractivity contribution in [2.24, 2.45) is 0 Å². The van der Waals surface area contributed by atoms with E-state index >= 15 is 0 Å². The van der Waals surface area contributed by atoms with Crippen molar-refractivity contribution < 1.29 is 0 Å². The predicted molar refractivity (Wildman–Crippen MR) is 70.9 cm³/mol. The van der Waals surface area contributed by atoms with Crippen LogP contribution in [0, 0.1) is 12.3 Å². The standard InChI is InChI=1S/C13H18N4/c1-3-12-9-11(14)10-13(15-12)17-7-5-16(4-2)6-8-17/h1,9-10H,4-8H2,2H3,(H2,14,15). The molecule has 1 saturated heterocycles. The maximum absolute atomic E-state index is 5.82. The average molecular weight is 230 g/mol. The van der Waals surface area contributed by atoms with Gasteiger partial charge < -0.3 is 15.5 Å². The Hall–Kier alpha value is -1.73. The van der Waals surface area contributed by atoms with Crippen molar-refractivity contribution in [3.8, 4) is 12.3 Å². The molecule has 1 aromatic rings. The van der Waals surface area contributed by atoms with Crippen LogP contribution < -0.4 is 10.6 Å². The normalized spacial score (nSPS) is 16.8. The van der Waals surface area contributed by atoms with Gasteiger partial charge in [-0.15, -0.1) is 6.42 Å². The number of pyridine rings is 1. The summed E-state index contributed by atoms with van der Waals surface area (Å²) >= 11 is 0. The van der Waals surface area contributed by atoms with Crippen LogP contribution >= 0.6 is 0 Å². The van der Waals surface area contributed by atoms with Gasteiger partial charge in [-0.2, -0.15) is 0 Å². The van der Waals surface area contributed by atoms with Crippen molar-refractivity contribution in [2.75, 3.05) is 43.4 Å². The predicted octanol–water partition coefficient (Wildman–Crippen LogP) is 0.787. The van der Waals surface area contributed by atoms with Gasteiger partial charge >= 0.3 is 0 Å². The Balaban J connectivity index is 2.13. The first-order valence-corrected chi connectivity index (χ1v) is 5.94. The molecule has 0 amide bonds. The molecule has 1 aliphatic rings. The van der Waals surface area contributed by atoms with E-state index in [-0.39, 0.29) is 0 Å². The van der Waals surface area contributed by atoms with Gasteiger partial charge in [-0.1, -0.05) is 12.8 Å². The Labute approximate surface area is 102 Å². The summed E-state index contributed by atoms with van der Waals surface area (Å²) < 4.78 is 0. The van der Waals surface area contributed by atoms with Gasteiger partial charge in [-0.05, 0) is 12.6 Å². The number of terminal acetylenes is 1. The zero-order chi connectivity index (χ0) is 12.3. The van der Waals surface area contributed by atoms with Crippen LogP contribution in [0.3, 0.4) is 0 Å². The smallest absolute Gasteiger partial charge is 0.132 e. The molecule has 0 aliphatic carbocycles. The SMILES string of the molecule is C#Cc1cc(N)cc(N2CCN(CC)CC2)n1. The minimum absolute atomic E-state index is 0.609. The lowest BCUT2D eigenvalue weighted by atomic mass is 10.2. The monoisotopic (exact) mass is 230 g/mol. The van der Waals surface area contributed by atoms with E-state index in [1.807, 2.05) is 6.07 Å². The molecule has 0 radical (unpaired) electrons. The highest BCUT2D eigenvalue weighted by atomic mass is 15.3. The third-order valence-corrected chi connectivity index (χ3v) is 3.13. The maximum Gasteiger partial charge on any atom is 0.132 e. The summed E-state index contributed by atoms with van der Waals surface area (Å²) in [4.78, 5) is 9.08.